The van der Waals surface area contributed by atoms with Crippen molar-refractivity contribution in [1.29, 1.82) is 0 Å². The van der Waals surface area contributed by atoms with E-state index in [1.807, 2.05) is 18.2 Å². The summed E-state index contributed by atoms with van der Waals surface area (Å²) in [5.41, 5.74) is 1.27. The van der Waals surface area contributed by atoms with Crippen molar-refractivity contribution >= 4 is 29.2 Å². The number of esters is 1. The Labute approximate surface area is 147 Å². The minimum absolute atomic E-state index is 0.147. The van der Waals surface area contributed by atoms with Crippen molar-refractivity contribution in [3.63, 3.8) is 0 Å². The zero-order valence-corrected chi connectivity index (χ0v) is 15.1. The molecule has 0 saturated heterocycles. The summed E-state index contributed by atoms with van der Waals surface area (Å²) in [4.78, 5) is 26.1. The van der Waals surface area contributed by atoms with Crippen LogP contribution in [0.3, 0.4) is 0 Å². The highest BCUT2D eigenvalue weighted by molar-refractivity contribution is 6.32. The first-order valence-electron chi connectivity index (χ1n) is 7.85. The number of carbonyl (C=O) groups is 2. The summed E-state index contributed by atoms with van der Waals surface area (Å²) in [5.74, 6) is -0.432. The monoisotopic (exact) mass is 351 g/mol. The van der Waals surface area contributed by atoms with Crippen molar-refractivity contribution in [1.82, 2.24) is 4.90 Å². The van der Waals surface area contributed by atoms with Crippen LogP contribution in [0.5, 0.6) is 0 Å². The second kappa shape index (κ2) is 7.26. The third-order valence-electron chi connectivity index (χ3n) is 3.43. The van der Waals surface area contributed by atoms with Gasteiger partial charge < -0.3 is 9.47 Å². The summed E-state index contributed by atoms with van der Waals surface area (Å²) < 4.78 is 10.5. The van der Waals surface area contributed by atoms with Gasteiger partial charge in [0.25, 0.3) is 0 Å². The van der Waals surface area contributed by atoms with Gasteiger partial charge in [-0.15, -0.1) is 0 Å². The normalized spacial score (nSPS) is 14.8. The fourth-order valence-corrected chi connectivity index (χ4v) is 2.69. The van der Waals surface area contributed by atoms with Crippen LogP contribution < -0.4 is 0 Å². The molecule has 0 bridgehead atoms. The van der Waals surface area contributed by atoms with Gasteiger partial charge in [0, 0.05) is 5.02 Å². The molecule has 0 aromatic heterocycles. The van der Waals surface area contributed by atoms with Gasteiger partial charge in [-0.1, -0.05) is 29.8 Å². The lowest BCUT2D eigenvalue weighted by molar-refractivity contribution is -0.138. The van der Waals surface area contributed by atoms with E-state index in [9.17, 15) is 9.59 Å². The van der Waals surface area contributed by atoms with Crippen molar-refractivity contribution in [2.45, 2.75) is 33.3 Å². The Morgan fingerprint density at radius 2 is 1.88 bits per heavy atom. The van der Waals surface area contributed by atoms with E-state index < -0.39 is 17.7 Å². The van der Waals surface area contributed by atoms with Crippen LogP contribution in [-0.4, -0.2) is 42.3 Å². The maximum atomic E-state index is 12.3. The predicted molar refractivity (Wildman–Crippen MR) is 92.8 cm³/mol. The third-order valence-corrected chi connectivity index (χ3v) is 3.76. The molecule has 1 aliphatic rings. The largest absolute Gasteiger partial charge is 0.463 e. The van der Waals surface area contributed by atoms with Gasteiger partial charge in [-0.2, -0.15) is 0 Å². The highest BCUT2D eigenvalue weighted by atomic mass is 35.5. The first-order chi connectivity index (χ1) is 11.2. The number of ether oxygens (including phenoxy) is 2. The highest BCUT2D eigenvalue weighted by Crippen LogP contribution is 2.32. The maximum absolute atomic E-state index is 12.3. The van der Waals surface area contributed by atoms with Crippen LogP contribution in [0.1, 0.15) is 33.3 Å². The topological polar surface area (TPSA) is 55.8 Å². The van der Waals surface area contributed by atoms with Crippen LogP contribution in [0.4, 0.5) is 4.79 Å². The summed E-state index contributed by atoms with van der Waals surface area (Å²) in [5, 5.41) is 0.528. The first-order valence-corrected chi connectivity index (χ1v) is 8.22. The number of hydrogen-bond acceptors (Lipinski definition) is 4. The van der Waals surface area contributed by atoms with Gasteiger partial charge in [-0.3, -0.25) is 4.90 Å². The highest BCUT2D eigenvalue weighted by Gasteiger charge is 2.34. The molecule has 24 heavy (non-hydrogen) atoms. The third kappa shape index (κ3) is 4.29. The van der Waals surface area contributed by atoms with Crippen molar-refractivity contribution in [3.05, 3.63) is 40.4 Å². The molecule has 0 N–H and O–H groups in total. The molecule has 1 heterocycles. The fourth-order valence-electron chi connectivity index (χ4n) is 2.44. The lowest BCUT2D eigenvalue weighted by atomic mass is 10.0. The smallest absolute Gasteiger partial charge is 0.410 e. The van der Waals surface area contributed by atoms with Gasteiger partial charge in [0.15, 0.2) is 0 Å². The first kappa shape index (κ1) is 18.3. The van der Waals surface area contributed by atoms with E-state index in [1.165, 1.54) is 4.90 Å². The van der Waals surface area contributed by atoms with Gasteiger partial charge in [0.1, 0.15) is 5.60 Å². The van der Waals surface area contributed by atoms with Crippen LogP contribution in [0.2, 0.25) is 5.02 Å². The number of hydrogen-bond donors (Lipinski definition) is 0. The Morgan fingerprint density at radius 1 is 1.21 bits per heavy atom. The zero-order chi connectivity index (χ0) is 17.9. The molecule has 1 aromatic carbocycles. The number of halogens is 1. The van der Waals surface area contributed by atoms with E-state index in [0.29, 0.717) is 16.2 Å². The summed E-state index contributed by atoms with van der Waals surface area (Å²) in [7, 11) is 0. The molecule has 2 rings (SSSR count). The van der Waals surface area contributed by atoms with Gasteiger partial charge in [0.05, 0.1) is 25.3 Å². The van der Waals surface area contributed by atoms with Gasteiger partial charge in [-0.25, -0.2) is 9.59 Å². The number of nitrogens with zero attached hydrogens (tertiary/aromatic N) is 1. The molecule has 6 heteroatoms. The van der Waals surface area contributed by atoms with Crippen molar-refractivity contribution in [2.75, 3.05) is 19.7 Å². The fraction of sp³-hybridized carbons (Fsp3) is 0.444. The van der Waals surface area contributed by atoms with E-state index in [0.717, 1.165) is 5.56 Å². The molecule has 1 aliphatic heterocycles. The van der Waals surface area contributed by atoms with Crippen LogP contribution in [-0.2, 0) is 14.3 Å². The molecule has 0 atom stereocenters. The SMILES string of the molecule is CCOC(=O)C1=C(c2ccccc2Cl)CN(C(=O)OC(C)(C)C)C1. The lowest BCUT2D eigenvalue weighted by Crippen LogP contribution is -2.36. The molecule has 0 fully saturated rings. The molecule has 130 valence electrons. The summed E-state index contributed by atoms with van der Waals surface area (Å²) in [6.45, 7) is 7.82. The van der Waals surface area contributed by atoms with E-state index >= 15 is 0 Å². The van der Waals surface area contributed by atoms with Gasteiger partial charge in [-0.05, 0) is 44.9 Å². The van der Waals surface area contributed by atoms with E-state index in [2.05, 4.69) is 0 Å². The summed E-state index contributed by atoms with van der Waals surface area (Å²) in [6.07, 6.45) is -0.466. The number of amides is 1. The van der Waals surface area contributed by atoms with Crippen LogP contribution >= 0.6 is 11.6 Å². The number of benzene rings is 1. The molecule has 1 aromatic rings. The standard InChI is InChI=1S/C18H22ClNO4/c1-5-23-16(21)14-11-20(17(22)24-18(2,3)4)10-13(14)12-8-6-7-9-15(12)19/h6-9H,5,10-11H2,1-4H3. The predicted octanol–water partition coefficient (Wildman–Crippen LogP) is 3.91. The molecular weight excluding hydrogens is 330 g/mol. The Bertz CT molecular complexity index is 676. The minimum Gasteiger partial charge on any atom is -0.463 e. The maximum Gasteiger partial charge on any atom is 0.410 e. The molecule has 0 saturated carbocycles. The molecule has 5 nitrogen and oxygen atoms in total. The van der Waals surface area contributed by atoms with Crippen LogP contribution in [0.15, 0.2) is 29.8 Å². The second-order valence-corrected chi connectivity index (χ2v) is 6.90. The van der Waals surface area contributed by atoms with E-state index in [4.69, 9.17) is 21.1 Å². The summed E-state index contributed by atoms with van der Waals surface area (Å²) >= 11 is 6.26. The molecule has 1 amide bonds. The molecule has 0 aliphatic carbocycles. The Morgan fingerprint density at radius 3 is 2.46 bits per heavy atom. The zero-order valence-electron chi connectivity index (χ0n) is 14.4. The average molecular weight is 352 g/mol. The number of carbonyl (C=O) groups excluding carboxylic acids is 2. The minimum atomic E-state index is -0.603. The Hall–Kier alpha value is -2.01. The average Bonchev–Trinajstić information content (AvgIpc) is 2.91. The van der Waals surface area contributed by atoms with Crippen LogP contribution in [0, 0.1) is 0 Å². The molecule has 0 spiro atoms. The van der Waals surface area contributed by atoms with Gasteiger partial charge in [0.2, 0.25) is 0 Å². The van der Waals surface area contributed by atoms with Crippen molar-refractivity contribution in [2.24, 2.45) is 0 Å². The van der Waals surface area contributed by atoms with Crippen LogP contribution in [0.25, 0.3) is 5.57 Å². The quantitative estimate of drug-likeness (QED) is 0.775. The number of rotatable bonds is 3. The second-order valence-electron chi connectivity index (χ2n) is 6.49. The summed E-state index contributed by atoms with van der Waals surface area (Å²) in [6, 6.07) is 7.24. The van der Waals surface area contributed by atoms with Gasteiger partial charge >= 0.3 is 12.1 Å². The molecule has 0 radical (unpaired) electrons. The Kier molecular flexibility index (Phi) is 5.54. The molecule has 0 unspecified atom stereocenters. The Balaban J connectivity index is 2.32. The van der Waals surface area contributed by atoms with E-state index in [-0.39, 0.29) is 19.7 Å². The lowest BCUT2D eigenvalue weighted by Gasteiger charge is -2.24. The molecular formula is C18H22ClNO4. The van der Waals surface area contributed by atoms with Crippen molar-refractivity contribution in [3.8, 4) is 0 Å². The van der Waals surface area contributed by atoms with Crippen molar-refractivity contribution < 1.29 is 19.1 Å². The van der Waals surface area contributed by atoms with E-state index in [1.54, 1.807) is 33.8 Å².